The third kappa shape index (κ3) is 8.27. The molecule has 0 aromatic heterocycles. The molecule has 4 nitrogen and oxygen atoms in total. The summed E-state index contributed by atoms with van der Waals surface area (Å²) in [6.07, 6.45) is 0. The summed E-state index contributed by atoms with van der Waals surface area (Å²) in [7, 11) is -0.940. The van der Waals surface area contributed by atoms with Gasteiger partial charge in [-0.15, -0.1) is 24.0 Å². The van der Waals surface area contributed by atoms with Gasteiger partial charge in [-0.2, -0.15) is 0 Å². The molecule has 0 saturated heterocycles. The van der Waals surface area contributed by atoms with Crippen molar-refractivity contribution in [1.82, 2.24) is 10.6 Å². The minimum atomic E-state index is -0.940. The first kappa shape index (κ1) is 22.6. The molecular formula is C19H25FIN3OS. The second-order valence-corrected chi connectivity index (χ2v) is 7.06. The van der Waals surface area contributed by atoms with E-state index in [1.807, 2.05) is 37.3 Å². The summed E-state index contributed by atoms with van der Waals surface area (Å²) >= 11 is 0. The molecule has 0 aliphatic heterocycles. The van der Waals surface area contributed by atoms with Gasteiger partial charge in [0.05, 0.1) is 6.54 Å². The van der Waals surface area contributed by atoms with E-state index in [9.17, 15) is 8.60 Å². The van der Waals surface area contributed by atoms with Crippen LogP contribution in [0.25, 0.3) is 0 Å². The number of hydrogen-bond acceptors (Lipinski definition) is 2. The van der Waals surface area contributed by atoms with Crippen LogP contribution >= 0.6 is 24.0 Å². The second-order valence-electron chi connectivity index (χ2n) is 5.49. The van der Waals surface area contributed by atoms with Crippen molar-refractivity contribution in [2.24, 2.45) is 4.99 Å². The predicted octanol–water partition coefficient (Wildman–Crippen LogP) is 3.45. The lowest BCUT2D eigenvalue weighted by Crippen LogP contribution is -2.39. The van der Waals surface area contributed by atoms with E-state index in [-0.39, 0.29) is 36.3 Å². The molecule has 0 saturated carbocycles. The Labute approximate surface area is 174 Å². The van der Waals surface area contributed by atoms with Crippen LogP contribution in [0.15, 0.2) is 59.6 Å². The zero-order valence-electron chi connectivity index (χ0n) is 14.8. The number of nitrogens with one attached hydrogen (secondary N) is 2. The topological polar surface area (TPSA) is 53.5 Å². The van der Waals surface area contributed by atoms with Crippen LogP contribution in [0.3, 0.4) is 0 Å². The lowest BCUT2D eigenvalue weighted by molar-refractivity contribution is 0.610. The molecule has 2 aromatic carbocycles. The van der Waals surface area contributed by atoms with Gasteiger partial charge in [-0.3, -0.25) is 4.21 Å². The summed E-state index contributed by atoms with van der Waals surface area (Å²) in [5.41, 5.74) is 1.62. The molecule has 0 aliphatic carbocycles. The Kier molecular flexibility index (Phi) is 11.1. The van der Waals surface area contributed by atoms with Gasteiger partial charge in [-0.25, -0.2) is 9.38 Å². The molecule has 0 heterocycles. The van der Waals surface area contributed by atoms with E-state index in [2.05, 4.69) is 15.6 Å². The van der Waals surface area contributed by atoms with Gasteiger partial charge in [0.1, 0.15) is 5.82 Å². The van der Waals surface area contributed by atoms with E-state index < -0.39 is 10.8 Å². The van der Waals surface area contributed by atoms with E-state index in [4.69, 9.17) is 0 Å². The van der Waals surface area contributed by atoms with Gasteiger partial charge in [0.25, 0.3) is 0 Å². The lowest BCUT2D eigenvalue weighted by Gasteiger charge is -2.11. The number of aliphatic imine (C=N–C) groups is 1. The number of rotatable bonds is 8. The third-order valence-corrected chi connectivity index (χ3v) is 4.82. The van der Waals surface area contributed by atoms with Crippen molar-refractivity contribution in [3.63, 3.8) is 0 Å². The highest BCUT2D eigenvalue weighted by Gasteiger charge is 2.04. The predicted molar refractivity (Wildman–Crippen MR) is 118 cm³/mol. The van der Waals surface area contributed by atoms with Crippen LogP contribution in [0.5, 0.6) is 0 Å². The molecule has 1 unspecified atom stereocenters. The normalized spacial score (nSPS) is 12.2. The zero-order valence-corrected chi connectivity index (χ0v) is 17.9. The largest absolute Gasteiger partial charge is 0.357 e. The maximum Gasteiger partial charge on any atom is 0.191 e. The van der Waals surface area contributed by atoms with Crippen molar-refractivity contribution in [2.75, 3.05) is 18.8 Å². The molecule has 142 valence electrons. The van der Waals surface area contributed by atoms with Crippen molar-refractivity contribution < 1.29 is 8.60 Å². The van der Waals surface area contributed by atoms with E-state index >= 15 is 0 Å². The van der Waals surface area contributed by atoms with Crippen LogP contribution in [0, 0.1) is 5.82 Å². The minimum Gasteiger partial charge on any atom is -0.357 e. The van der Waals surface area contributed by atoms with Gasteiger partial charge in [0, 0.05) is 41.0 Å². The third-order valence-electron chi connectivity index (χ3n) is 3.50. The Bertz CT molecular complexity index is 713. The van der Waals surface area contributed by atoms with Crippen LogP contribution < -0.4 is 10.6 Å². The fourth-order valence-electron chi connectivity index (χ4n) is 2.25. The number of benzene rings is 2. The molecule has 0 spiro atoms. The maximum atomic E-state index is 13.6. The highest BCUT2D eigenvalue weighted by Crippen LogP contribution is 2.07. The Hall–Kier alpha value is -1.48. The van der Waals surface area contributed by atoms with Crippen LogP contribution in [0.1, 0.15) is 18.1 Å². The van der Waals surface area contributed by atoms with Crippen molar-refractivity contribution in [3.05, 3.63) is 71.5 Å². The summed E-state index contributed by atoms with van der Waals surface area (Å²) < 4.78 is 25.8. The average Bonchev–Trinajstić information content (AvgIpc) is 2.61. The number of halogens is 2. The summed E-state index contributed by atoms with van der Waals surface area (Å²) in [4.78, 5) is 4.38. The monoisotopic (exact) mass is 489 g/mol. The first-order valence-electron chi connectivity index (χ1n) is 8.33. The second kappa shape index (κ2) is 12.8. The first-order valence-corrected chi connectivity index (χ1v) is 9.82. The Morgan fingerprint density at radius 3 is 2.46 bits per heavy atom. The average molecular weight is 489 g/mol. The molecule has 0 fully saturated rings. The van der Waals surface area contributed by atoms with Crippen molar-refractivity contribution in [1.29, 1.82) is 0 Å². The van der Waals surface area contributed by atoms with Crippen molar-refractivity contribution in [2.45, 2.75) is 19.2 Å². The molecule has 0 aliphatic rings. The van der Waals surface area contributed by atoms with E-state index in [1.165, 1.54) is 6.07 Å². The Balaban J connectivity index is 0.00000338. The smallest absolute Gasteiger partial charge is 0.191 e. The standard InChI is InChI=1S/C19H24FN3OS.HI/c1-2-21-19(23-14-17-10-6-7-11-18(17)20)22-12-13-25(24)15-16-8-4-3-5-9-16;/h3-11H,2,12-15H2,1H3,(H2,21,22,23);1H. The summed E-state index contributed by atoms with van der Waals surface area (Å²) in [6, 6.07) is 16.4. The molecule has 0 amide bonds. The van der Waals surface area contributed by atoms with Crippen LogP contribution in [0.2, 0.25) is 0 Å². The minimum absolute atomic E-state index is 0. The molecule has 2 rings (SSSR count). The van der Waals surface area contributed by atoms with Gasteiger partial charge in [0.15, 0.2) is 5.96 Å². The Morgan fingerprint density at radius 1 is 1.08 bits per heavy atom. The quantitative estimate of drug-likeness (QED) is 0.340. The molecule has 2 aromatic rings. The Morgan fingerprint density at radius 2 is 1.77 bits per heavy atom. The maximum absolute atomic E-state index is 13.6. The molecule has 0 bridgehead atoms. The van der Waals surface area contributed by atoms with Gasteiger partial charge >= 0.3 is 0 Å². The SMILES string of the molecule is CCNC(=NCc1ccccc1F)NCCS(=O)Cc1ccccc1.I. The first-order chi connectivity index (χ1) is 12.2. The molecule has 1 atom stereocenters. The number of nitrogens with zero attached hydrogens (tertiary/aromatic N) is 1. The van der Waals surface area contributed by atoms with E-state index in [0.717, 1.165) is 5.56 Å². The molecule has 7 heteroatoms. The van der Waals surface area contributed by atoms with Gasteiger partial charge in [-0.05, 0) is 18.6 Å². The van der Waals surface area contributed by atoms with Crippen LogP contribution in [-0.4, -0.2) is 29.0 Å². The summed E-state index contributed by atoms with van der Waals surface area (Å²) in [5.74, 6) is 1.42. The molecule has 26 heavy (non-hydrogen) atoms. The fraction of sp³-hybridized carbons (Fsp3) is 0.316. The van der Waals surface area contributed by atoms with E-state index in [0.29, 0.717) is 36.1 Å². The van der Waals surface area contributed by atoms with Crippen molar-refractivity contribution in [3.8, 4) is 0 Å². The lowest BCUT2D eigenvalue weighted by atomic mass is 10.2. The van der Waals surface area contributed by atoms with Gasteiger partial charge < -0.3 is 10.6 Å². The number of guanidine groups is 1. The van der Waals surface area contributed by atoms with Crippen LogP contribution in [0.4, 0.5) is 4.39 Å². The van der Waals surface area contributed by atoms with Gasteiger partial charge in [0.2, 0.25) is 0 Å². The highest BCUT2D eigenvalue weighted by atomic mass is 127. The highest BCUT2D eigenvalue weighted by molar-refractivity contribution is 14.0. The summed E-state index contributed by atoms with van der Waals surface area (Å²) in [6.45, 7) is 3.47. The zero-order chi connectivity index (χ0) is 17.9. The van der Waals surface area contributed by atoms with Crippen molar-refractivity contribution >= 4 is 40.7 Å². The molecule has 0 radical (unpaired) electrons. The van der Waals surface area contributed by atoms with E-state index in [1.54, 1.807) is 18.2 Å². The van der Waals surface area contributed by atoms with Gasteiger partial charge in [-0.1, -0.05) is 48.5 Å². The van der Waals surface area contributed by atoms with Crippen LogP contribution in [-0.2, 0) is 23.1 Å². The summed E-state index contributed by atoms with van der Waals surface area (Å²) in [5, 5.41) is 6.26. The fourth-order valence-corrected chi connectivity index (χ4v) is 3.29. The molecule has 2 N–H and O–H groups in total. The molecular weight excluding hydrogens is 464 g/mol. The number of hydrogen-bond donors (Lipinski definition) is 2.